The minimum Gasteiger partial charge on any atom is -0.497 e. The number of ether oxygens (including phenoxy) is 2. The van der Waals surface area contributed by atoms with Gasteiger partial charge in [0.25, 0.3) is 11.9 Å². The van der Waals surface area contributed by atoms with E-state index in [1.165, 1.54) is 14.2 Å². The molecule has 8 heteroatoms. The number of carbonyl (C=O) groups is 1. The molecule has 0 fully saturated rings. The van der Waals surface area contributed by atoms with Crippen LogP contribution in [-0.2, 0) is 0 Å². The highest BCUT2D eigenvalue weighted by atomic mass is 16.5. The molecular formula is C24H22N4O4. The Labute approximate surface area is 185 Å². The van der Waals surface area contributed by atoms with Gasteiger partial charge in [-0.25, -0.2) is 4.98 Å². The minimum absolute atomic E-state index is 0.284. The first-order valence-corrected chi connectivity index (χ1v) is 9.84. The third-order valence-corrected chi connectivity index (χ3v) is 4.82. The predicted molar refractivity (Wildman–Crippen MR) is 122 cm³/mol. The Morgan fingerprint density at radius 2 is 1.69 bits per heavy atom. The number of amides is 1. The van der Waals surface area contributed by atoms with Crippen molar-refractivity contribution in [1.29, 1.82) is 0 Å². The number of hydrogen-bond acceptors (Lipinski definition) is 7. The van der Waals surface area contributed by atoms with Crippen molar-refractivity contribution < 1.29 is 18.7 Å². The molecule has 2 heterocycles. The summed E-state index contributed by atoms with van der Waals surface area (Å²) in [7, 11) is 3.08. The van der Waals surface area contributed by atoms with Gasteiger partial charge in [0.2, 0.25) is 0 Å². The molecule has 162 valence electrons. The molecule has 0 atom stereocenters. The first kappa shape index (κ1) is 20.9. The molecule has 0 spiro atoms. The largest absolute Gasteiger partial charge is 0.497 e. The van der Waals surface area contributed by atoms with Crippen molar-refractivity contribution in [2.75, 3.05) is 24.9 Å². The van der Waals surface area contributed by atoms with Crippen molar-refractivity contribution in [2.24, 2.45) is 0 Å². The predicted octanol–water partition coefficient (Wildman–Crippen LogP) is 5.06. The Morgan fingerprint density at radius 3 is 2.38 bits per heavy atom. The van der Waals surface area contributed by atoms with Gasteiger partial charge in [-0.2, -0.15) is 0 Å². The summed E-state index contributed by atoms with van der Waals surface area (Å²) in [6.45, 7) is 1.95. The van der Waals surface area contributed by atoms with E-state index in [9.17, 15) is 4.79 Å². The molecule has 0 radical (unpaired) electrons. The Bertz CT molecular complexity index is 1220. The number of hydrogen-bond donors (Lipinski definition) is 2. The summed E-state index contributed by atoms with van der Waals surface area (Å²) in [6.07, 6.45) is 5.03. The third kappa shape index (κ3) is 4.70. The lowest BCUT2D eigenvalue weighted by molar-refractivity contribution is 0.102. The molecule has 0 aliphatic rings. The zero-order chi connectivity index (χ0) is 22.5. The monoisotopic (exact) mass is 430 g/mol. The molecule has 2 aromatic carbocycles. The third-order valence-electron chi connectivity index (χ3n) is 4.82. The van der Waals surface area contributed by atoms with Gasteiger partial charge in [0.05, 0.1) is 20.4 Å². The SMILES string of the molecule is COc1cc(OC)cc(C(=O)Nc2ccc(C)c(Nc3ncc(-c4ccncc4)o3)c2)c1. The summed E-state index contributed by atoms with van der Waals surface area (Å²) in [4.78, 5) is 21.1. The second kappa shape index (κ2) is 9.22. The highest BCUT2D eigenvalue weighted by Crippen LogP contribution is 2.28. The van der Waals surface area contributed by atoms with Crippen LogP contribution in [-0.4, -0.2) is 30.1 Å². The van der Waals surface area contributed by atoms with Crippen LogP contribution in [0.3, 0.4) is 0 Å². The van der Waals surface area contributed by atoms with E-state index in [0.29, 0.717) is 34.5 Å². The molecule has 0 aliphatic carbocycles. The number of oxazole rings is 1. The molecule has 0 saturated heterocycles. The van der Waals surface area contributed by atoms with Crippen molar-refractivity contribution in [2.45, 2.75) is 6.92 Å². The summed E-state index contributed by atoms with van der Waals surface area (Å²) < 4.78 is 16.3. The van der Waals surface area contributed by atoms with Gasteiger partial charge in [-0.3, -0.25) is 9.78 Å². The van der Waals surface area contributed by atoms with Crippen molar-refractivity contribution in [3.05, 3.63) is 78.2 Å². The first-order chi connectivity index (χ1) is 15.6. The molecule has 0 aliphatic heterocycles. The molecule has 1 amide bonds. The molecular weight excluding hydrogens is 408 g/mol. The summed E-state index contributed by atoms with van der Waals surface area (Å²) >= 11 is 0. The Balaban J connectivity index is 1.52. The van der Waals surface area contributed by atoms with Crippen LogP contribution < -0.4 is 20.1 Å². The highest BCUT2D eigenvalue weighted by molar-refractivity contribution is 6.05. The van der Waals surface area contributed by atoms with E-state index in [4.69, 9.17) is 13.9 Å². The van der Waals surface area contributed by atoms with E-state index >= 15 is 0 Å². The van der Waals surface area contributed by atoms with Crippen molar-refractivity contribution in [3.63, 3.8) is 0 Å². The van der Waals surface area contributed by atoms with E-state index in [2.05, 4.69) is 20.6 Å². The topological polar surface area (TPSA) is 98.5 Å². The fourth-order valence-electron chi connectivity index (χ4n) is 3.07. The van der Waals surface area contributed by atoms with Crippen LogP contribution in [0.5, 0.6) is 11.5 Å². The Hall–Kier alpha value is -4.33. The van der Waals surface area contributed by atoms with Gasteiger partial charge in [0.1, 0.15) is 11.5 Å². The number of aryl methyl sites for hydroxylation is 1. The number of rotatable bonds is 7. The maximum atomic E-state index is 12.8. The molecule has 8 nitrogen and oxygen atoms in total. The van der Waals surface area contributed by atoms with Crippen molar-refractivity contribution in [1.82, 2.24) is 9.97 Å². The lowest BCUT2D eigenvalue weighted by Gasteiger charge is -2.12. The number of aromatic nitrogens is 2. The Kier molecular flexibility index (Phi) is 6.03. The van der Waals surface area contributed by atoms with Gasteiger partial charge in [0.15, 0.2) is 5.76 Å². The Morgan fingerprint density at radius 1 is 0.969 bits per heavy atom. The summed E-state index contributed by atoms with van der Waals surface area (Å²) in [5.74, 6) is 1.42. The van der Waals surface area contributed by atoms with E-state index < -0.39 is 0 Å². The first-order valence-electron chi connectivity index (χ1n) is 9.84. The van der Waals surface area contributed by atoms with E-state index in [-0.39, 0.29) is 5.91 Å². The second-order valence-electron chi connectivity index (χ2n) is 6.98. The number of methoxy groups -OCH3 is 2. The summed E-state index contributed by atoms with van der Waals surface area (Å²) in [5, 5.41) is 6.06. The number of benzene rings is 2. The highest BCUT2D eigenvalue weighted by Gasteiger charge is 2.12. The lowest BCUT2D eigenvalue weighted by Crippen LogP contribution is -2.12. The zero-order valence-electron chi connectivity index (χ0n) is 17.9. The zero-order valence-corrected chi connectivity index (χ0v) is 17.9. The molecule has 4 aromatic rings. The molecule has 0 unspecified atom stereocenters. The van der Waals surface area contributed by atoms with Gasteiger partial charge in [0, 0.05) is 41.0 Å². The number of nitrogens with zero attached hydrogens (tertiary/aromatic N) is 2. The molecule has 0 bridgehead atoms. The van der Waals surface area contributed by atoms with Crippen LogP contribution in [0, 0.1) is 6.92 Å². The number of pyridine rings is 1. The normalized spacial score (nSPS) is 10.5. The fourth-order valence-corrected chi connectivity index (χ4v) is 3.07. The van der Waals surface area contributed by atoms with Crippen LogP contribution >= 0.6 is 0 Å². The molecule has 2 N–H and O–H groups in total. The van der Waals surface area contributed by atoms with Gasteiger partial charge in [-0.05, 0) is 48.9 Å². The van der Waals surface area contributed by atoms with Gasteiger partial charge >= 0.3 is 0 Å². The van der Waals surface area contributed by atoms with Crippen LogP contribution in [0.1, 0.15) is 15.9 Å². The number of carbonyl (C=O) groups excluding carboxylic acids is 1. The van der Waals surface area contributed by atoms with Crippen LogP contribution in [0.25, 0.3) is 11.3 Å². The van der Waals surface area contributed by atoms with Crippen LogP contribution in [0.15, 0.2) is 71.5 Å². The maximum absolute atomic E-state index is 12.8. The maximum Gasteiger partial charge on any atom is 0.299 e. The summed E-state index contributed by atoms with van der Waals surface area (Å²) in [6, 6.07) is 14.6. The van der Waals surface area contributed by atoms with Crippen LogP contribution in [0.4, 0.5) is 17.4 Å². The van der Waals surface area contributed by atoms with E-state index in [0.717, 1.165) is 16.8 Å². The standard InChI is InChI=1S/C24H22N4O4/c1-15-4-5-18(27-23(29)17-10-19(30-2)13-20(11-17)31-3)12-21(15)28-24-26-14-22(32-24)16-6-8-25-9-7-16/h4-14H,1-3H3,(H,26,28)(H,27,29). The van der Waals surface area contributed by atoms with E-state index in [1.54, 1.807) is 36.8 Å². The molecule has 4 rings (SSSR count). The van der Waals surface area contributed by atoms with Gasteiger partial charge in [-0.1, -0.05) is 6.07 Å². The van der Waals surface area contributed by atoms with Gasteiger partial charge < -0.3 is 24.5 Å². The van der Waals surface area contributed by atoms with Crippen molar-refractivity contribution >= 4 is 23.3 Å². The quantitative estimate of drug-likeness (QED) is 0.423. The average Bonchev–Trinajstić information content (AvgIpc) is 3.30. The molecule has 32 heavy (non-hydrogen) atoms. The number of nitrogens with one attached hydrogen (secondary N) is 2. The summed E-state index contributed by atoms with van der Waals surface area (Å²) in [5.41, 5.74) is 3.65. The lowest BCUT2D eigenvalue weighted by atomic mass is 10.1. The smallest absolute Gasteiger partial charge is 0.299 e. The van der Waals surface area contributed by atoms with Gasteiger partial charge in [-0.15, -0.1) is 0 Å². The average molecular weight is 430 g/mol. The van der Waals surface area contributed by atoms with Crippen LogP contribution in [0.2, 0.25) is 0 Å². The van der Waals surface area contributed by atoms with Crippen molar-refractivity contribution in [3.8, 4) is 22.8 Å². The van der Waals surface area contributed by atoms with E-state index in [1.807, 2.05) is 37.3 Å². The molecule has 2 aromatic heterocycles. The second-order valence-corrected chi connectivity index (χ2v) is 6.98. The minimum atomic E-state index is -0.284. The fraction of sp³-hybridized carbons (Fsp3) is 0.125. The molecule has 0 saturated carbocycles. The number of anilines is 3.